The third-order valence-electron chi connectivity index (χ3n) is 2.63. The molecule has 1 aromatic rings. The Balaban J connectivity index is 2.45. The summed E-state index contributed by atoms with van der Waals surface area (Å²) in [6.07, 6.45) is 1.90. The Morgan fingerprint density at radius 2 is 1.72 bits per heavy atom. The van der Waals surface area contributed by atoms with Gasteiger partial charge < -0.3 is 10.2 Å². The predicted molar refractivity (Wildman–Crippen MR) is 70.8 cm³/mol. The van der Waals surface area contributed by atoms with E-state index < -0.39 is 0 Å². The van der Waals surface area contributed by atoms with Crippen molar-refractivity contribution in [2.45, 2.75) is 33.2 Å². The lowest BCUT2D eigenvalue weighted by molar-refractivity contribution is 0.197. The number of benzene rings is 1. The number of nitrogens with one attached hydrogen (secondary N) is 1. The van der Waals surface area contributed by atoms with Crippen LogP contribution in [0, 0.1) is 5.82 Å². The lowest BCUT2D eigenvalue weighted by atomic mass is 10.2. The van der Waals surface area contributed by atoms with Gasteiger partial charge in [0.25, 0.3) is 0 Å². The van der Waals surface area contributed by atoms with E-state index in [1.54, 1.807) is 12.1 Å². The van der Waals surface area contributed by atoms with Gasteiger partial charge in [-0.1, -0.05) is 26.0 Å². The van der Waals surface area contributed by atoms with Gasteiger partial charge in [0, 0.05) is 19.6 Å². The summed E-state index contributed by atoms with van der Waals surface area (Å²) in [4.78, 5) is 13.7. The van der Waals surface area contributed by atoms with Crippen LogP contribution in [0.15, 0.2) is 24.3 Å². The molecule has 0 bridgehead atoms. The Labute approximate surface area is 108 Å². The van der Waals surface area contributed by atoms with Crippen LogP contribution < -0.4 is 5.32 Å². The van der Waals surface area contributed by atoms with Crippen LogP contribution in [0.1, 0.15) is 32.3 Å². The molecule has 0 aliphatic heterocycles. The maximum atomic E-state index is 12.7. The predicted octanol–water partition coefficient (Wildman–Crippen LogP) is 3.16. The number of carbonyl (C=O) groups excluding carboxylic acids is 1. The van der Waals surface area contributed by atoms with Crippen molar-refractivity contribution in [2.24, 2.45) is 0 Å². The van der Waals surface area contributed by atoms with Crippen LogP contribution in [-0.4, -0.2) is 24.0 Å². The van der Waals surface area contributed by atoms with Crippen LogP contribution >= 0.6 is 0 Å². The van der Waals surface area contributed by atoms with E-state index in [0.717, 1.165) is 31.5 Å². The second-order valence-electron chi connectivity index (χ2n) is 4.27. The first-order valence-corrected chi connectivity index (χ1v) is 6.44. The van der Waals surface area contributed by atoms with E-state index in [4.69, 9.17) is 0 Å². The summed E-state index contributed by atoms with van der Waals surface area (Å²) >= 11 is 0. The second kappa shape index (κ2) is 7.69. The molecule has 0 saturated heterocycles. The van der Waals surface area contributed by atoms with Gasteiger partial charge in [-0.2, -0.15) is 0 Å². The first kappa shape index (κ1) is 14.5. The molecule has 0 spiro atoms. The van der Waals surface area contributed by atoms with E-state index in [1.165, 1.54) is 12.1 Å². The average Bonchev–Trinajstić information content (AvgIpc) is 2.37. The Hall–Kier alpha value is -1.58. The van der Waals surface area contributed by atoms with E-state index in [0.29, 0.717) is 6.54 Å². The Bertz CT molecular complexity index is 359. The lowest BCUT2D eigenvalue weighted by Gasteiger charge is -2.21. The number of carbonyl (C=O) groups is 1. The summed E-state index contributed by atoms with van der Waals surface area (Å²) in [6.45, 7) is 6.07. The van der Waals surface area contributed by atoms with Crippen molar-refractivity contribution in [3.05, 3.63) is 35.6 Å². The topological polar surface area (TPSA) is 32.3 Å². The molecule has 0 atom stereocenters. The number of urea groups is 1. The van der Waals surface area contributed by atoms with E-state index in [2.05, 4.69) is 19.2 Å². The van der Waals surface area contributed by atoms with Crippen molar-refractivity contribution >= 4 is 6.03 Å². The summed E-state index contributed by atoms with van der Waals surface area (Å²) in [7, 11) is 0. The molecule has 0 aliphatic carbocycles. The second-order valence-corrected chi connectivity index (χ2v) is 4.27. The van der Waals surface area contributed by atoms with Crippen LogP contribution in [0.4, 0.5) is 9.18 Å². The molecule has 4 heteroatoms. The maximum absolute atomic E-state index is 12.7. The molecule has 18 heavy (non-hydrogen) atoms. The number of rotatable bonds is 6. The zero-order chi connectivity index (χ0) is 13.4. The van der Waals surface area contributed by atoms with Crippen molar-refractivity contribution in [1.29, 1.82) is 0 Å². The molecular weight excluding hydrogens is 231 g/mol. The van der Waals surface area contributed by atoms with Crippen LogP contribution in [0.2, 0.25) is 0 Å². The van der Waals surface area contributed by atoms with Crippen molar-refractivity contribution in [3.63, 3.8) is 0 Å². The standard InChI is InChI=1S/C14H21FN2O/c1-3-9-17(10-4-2)14(18)16-11-12-5-7-13(15)8-6-12/h5-8H,3-4,9-11H2,1-2H3,(H,16,18). The van der Waals surface area contributed by atoms with Crippen molar-refractivity contribution < 1.29 is 9.18 Å². The molecule has 2 amide bonds. The third-order valence-corrected chi connectivity index (χ3v) is 2.63. The highest BCUT2D eigenvalue weighted by molar-refractivity contribution is 5.74. The fourth-order valence-corrected chi connectivity index (χ4v) is 1.75. The summed E-state index contributed by atoms with van der Waals surface area (Å²) in [5.41, 5.74) is 0.901. The molecule has 1 aromatic carbocycles. The summed E-state index contributed by atoms with van der Waals surface area (Å²) in [5, 5.41) is 2.85. The summed E-state index contributed by atoms with van der Waals surface area (Å²) in [5.74, 6) is -0.260. The van der Waals surface area contributed by atoms with Gasteiger partial charge >= 0.3 is 6.03 Å². The summed E-state index contributed by atoms with van der Waals surface area (Å²) in [6, 6.07) is 6.11. The Morgan fingerprint density at radius 3 is 2.22 bits per heavy atom. The van der Waals surface area contributed by atoms with Gasteiger partial charge in [-0.05, 0) is 30.5 Å². The molecule has 0 radical (unpaired) electrons. The van der Waals surface area contributed by atoms with E-state index in [-0.39, 0.29) is 11.8 Å². The molecule has 0 saturated carbocycles. The Morgan fingerprint density at radius 1 is 1.17 bits per heavy atom. The van der Waals surface area contributed by atoms with Crippen LogP contribution in [-0.2, 0) is 6.54 Å². The minimum absolute atomic E-state index is 0.0528. The lowest BCUT2D eigenvalue weighted by Crippen LogP contribution is -2.40. The van der Waals surface area contributed by atoms with E-state index >= 15 is 0 Å². The van der Waals surface area contributed by atoms with Gasteiger partial charge in [-0.3, -0.25) is 0 Å². The molecule has 0 fully saturated rings. The molecule has 1 rings (SSSR count). The van der Waals surface area contributed by atoms with Crippen molar-refractivity contribution in [2.75, 3.05) is 13.1 Å². The van der Waals surface area contributed by atoms with Crippen LogP contribution in [0.5, 0.6) is 0 Å². The minimum Gasteiger partial charge on any atom is -0.334 e. The van der Waals surface area contributed by atoms with Crippen LogP contribution in [0.25, 0.3) is 0 Å². The molecule has 0 heterocycles. The Kier molecular flexibility index (Phi) is 6.19. The average molecular weight is 252 g/mol. The highest BCUT2D eigenvalue weighted by Gasteiger charge is 2.10. The third kappa shape index (κ3) is 4.73. The van der Waals surface area contributed by atoms with Gasteiger partial charge in [-0.15, -0.1) is 0 Å². The van der Waals surface area contributed by atoms with Crippen molar-refractivity contribution in [1.82, 2.24) is 10.2 Å². The molecule has 0 unspecified atom stereocenters. The summed E-state index contributed by atoms with van der Waals surface area (Å²) < 4.78 is 12.7. The number of hydrogen-bond donors (Lipinski definition) is 1. The quantitative estimate of drug-likeness (QED) is 0.828. The minimum atomic E-state index is -0.260. The molecule has 0 aliphatic rings. The number of halogens is 1. The van der Waals surface area contributed by atoms with Gasteiger partial charge in [0.1, 0.15) is 5.82 Å². The highest BCUT2D eigenvalue weighted by Crippen LogP contribution is 2.03. The van der Waals surface area contributed by atoms with Crippen LogP contribution in [0.3, 0.4) is 0 Å². The molecule has 0 aromatic heterocycles. The van der Waals surface area contributed by atoms with E-state index in [9.17, 15) is 9.18 Å². The normalized spacial score (nSPS) is 10.2. The smallest absolute Gasteiger partial charge is 0.317 e. The first-order valence-electron chi connectivity index (χ1n) is 6.44. The largest absolute Gasteiger partial charge is 0.334 e. The fourth-order valence-electron chi connectivity index (χ4n) is 1.75. The number of nitrogens with zero attached hydrogens (tertiary/aromatic N) is 1. The zero-order valence-corrected chi connectivity index (χ0v) is 11.1. The van der Waals surface area contributed by atoms with E-state index in [1.807, 2.05) is 4.90 Å². The monoisotopic (exact) mass is 252 g/mol. The fraction of sp³-hybridized carbons (Fsp3) is 0.500. The van der Waals surface area contributed by atoms with Gasteiger partial charge in [0.15, 0.2) is 0 Å². The van der Waals surface area contributed by atoms with Gasteiger partial charge in [0.05, 0.1) is 0 Å². The number of amides is 2. The first-order chi connectivity index (χ1) is 8.67. The van der Waals surface area contributed by atoms with Crippen molar-refractivity contribution in [3.8, 4) is 0 Å². The van der Waals surface area contributed by atoms with Gasteiger partial charge in [-0.25, -0.2) is 9.18 Å². The molecular formula is C14H21FN2O. The number of hydrogen-bond acceptors (Lipinski definition) is 1. The molecule has 100 valence electrons. The van der Waals surface area contributed by atoms with Gasteiger partial charge in [0.2, 0.25) is 0 Å². The zero-order valence-electron chi connectivity index (χ0n) is 11.1. The molecule has 3 nitrogen and oxygen atoms in total. The SMILES string of the molecule is CCCN(CCC)C(=O)NCc1ccc(F)cc1. The maximum Gasteiger partial charge on any atom is 0.317 e. The highest BCUT2D eigenvalue weighted by atomic mass is 19.1. The molecule has 1 N–H and O–H groups in total.